The van der Waals surface area contributed by atoms with E-state index in [2.05, 4.69) is 52.5 Å². The maximum atomic E-state index is 13.3. The summed E-state index contributed by atoms with van der Waals surface area (Å²) in [5.74, 6) is -3.01. The molecule has 0 aromatic carbocycles. The normalized spacial score (nSPS) is 11.0. The first kappa shape index (κ1) is 51.6. The van der Waals surface area contributed by atoms with E-state index in [-0.39, 0.29) is 78.0 Å². The molecule has 0 aliphatic rings. The number of aromatic nitrogens is 8. The van der Waals surface area contributed by atoms with Crippen LogP contribution < -0.4 is 47.4 Å². The Bertz CT molecular complexity index is 2960. The Hall–Kier alpha value is -8.74. The number of nitrogens with one attached hydrogen (secondary N) is 9. The number of amides is 8. The topological polar surface area (TPSA) is 293 Å². The third kappa shape index (κ3) is 13.7. The summed E-state index contributed by atoms with van der Waals surface area (Å²) in [6.07, 6.45) is 12.3. The van der Waals surface area contributed by atoms with Gasteiger partial charge in [0.25, 0.3) is 35.4 Å². The standard InChI is InChI=1S/C46H59N17O8/c1-57(2)17-10-14-47-37(64)12-15-50-42(67)33-20-29(24-59(33)4)52-44(69)35-22-30(25-62(35)7)53-43(68)34-19-28(23-61(34)6)51-38(65)11-9-13-49-41(66)32-21-31(26-60(32)5)54-46(71)40-55-36(27-63(40)8)56-45(70)39-48-16-18-58(39)3/h16,18-27H,9-15,17H2,1-8H3,(H,47,64)(H,49,66)(H,50,67)(H,51,65)(H,52,69)(H,53,68)(H,54,71)(H,56,70)/p+1. The zero-order chi connectivity index (χ0) is 51.5. The van der Waals surface area contributed by atoms with Crippen molar-refractivity contribution in [3.8, 4) is 0 Å². The molecule has 25 heteroatoms. The van der Waals surface area contributed by atoms with E-state index in [0.717, 1.165) is 13.0 Å². The van der Waals surface area contributed by atoms with Gasteiger partial charge in [-0.1, -0.05) is 0 Å². The summed E-state index contributed by atoms with van der Waals surface area (Å²) < 4.78 is 9.19. The monoisotopic (exact) mass is 978 g/mol. The van der Waals surface area contributed by atoms with Crippen LogP contribution in [0.1, 0.15) is 88.9 Å². The minimum Gasteiger partial charge on any atom is -0.356 e. The molecule has 8 amide bonds. The number of carbonyl (C=O) groups is 8. The van der Waals surface area contributed by atoms with Crippen LogP contribution >= 0.6 is 0 Å². The van der Waals surface area contributed by atoms with Crippen LogP contribution in [0, 0.1) is 0 Å². The number of anilines is 5. The predicted molar refractivity (Wildman–Crippen MR) is 262 cm³/mol. The fraction of sp³-hybridized carbons (Fsp3) is 0.348. The van der Waals surface area contributed by atoms with Crippen molar-refractivity contribution in [2.24, 2.45) is 42.3 Å². The minimum absolute atomic E-state index is 0.0156. The molecule has 0 aliphatic heterocycles. The number of imidazole rings is 2. The molecule has 6 aromatic rings. The fourth-order valence-corrected chi connectivity index (χ4v) is 7.41. The highest BCUT2D eigenvalue weighted by atomic mass is 16.2. The molecule has 6 aromatic heterocycles. The summed E-state index contributed by atoms with van der Waals surface area (Å²) in [4.78, 5) is 113. The van der Waals surface area contributed by atoms with E-state index in [1.165, 1.54) is 46.1 Å². The van der Waals surface area contributed by atoms with Crippen LogP contribution in [0.3, 0.4) is 0 Å². The number of hydrogen-bond acceptors (Lipinski definition) is 10. The van der Waals surface area contributed by atoms with Crippen molar-refractivity contribution >= 4 is 75.8 Å². The predicted octanol–water partition coefficient (Wildman–Crippen LogP) is 0.436. The van der Waals surface area contributed by atoms with Crippen LogP contribution in [0.25, 0.3) is 0 Å². The fourth-order valence-electron chi connectivity index (χ4n) is 7.41. The smallest absolute Gasteiger partial charge is 0.292 e. The van der Waals surface area contributed by atoms with Crippen LogP contribution in [0.2, 0.25) is 0 Å². The molecule has 0 spiro atoms. The van der Waals surface area contributed by atoms with Gasteiger partial charge in [0.1, 0.15) is 22.8 Å². The molecule has 0 unspecified atom stereocenters. The molecule has 0 fully saturated rings. The lowest BCUT2D eigenvalue weighted by molar-refractivity contribution is -0.858. The molecule has 9 N–H and O–H groups in total. The summed E-state index contributed by atoms with van der Waals surface area (Å²) in [6.45, 7) is 1.83. The number of aryl methyl sites for hydroxylation is 6. The molecule has 0 radical (unpaired) electrons. The average Bonchev–Trinajstić information content (AvgIpc) is 4.17. The first-order valence-corrected chi connectivity index (χ1v) is 22.6. The molecule has 0 saturated heterocycles. The van der Waals surface area contributed by atoms with Crippen LogP contribution in [-0.2, 0) is 51.9 Å². The van der Waals surface area contributed by atoms with Crippen molar-refractivity contribution in [1.82, 2.24) is 53.3 Å². The van der Waals surface area contributed by atoms with Crippen LogP contribution in [0.15, 0.2) is 67.6 Å². The number of hydrogen-bond donors (Lipinski definition) is 9. The van der Waals surface area contributed by atoms with Gasteiger partial charge in [0.15, 0.2) is 11.6 Å². The molecule has 6 heterocycles. The maximum absolute atomic E-state index is 13.3. The number of quaternary nitrogens is 1. The summed E-state index contributed by atoms with van der Waals surface area (Å²) >= 11 is 0. The van der Waals surface area contributed by atoms with Crippen molar-refractivity contribution in [3.63, 3.8) is 0 Å². The second-order valence-corrected chi connectivity index (χ2v) is 17.2. The molecule has 376 valence electrons. The third-order valence-corrected chi connectivity index (χ3v) is 11.0. The number of rotatable bonds is 22. The zero-order valence-corrected chi connectivity index (χ0v) is 40.9. The van der Waals surface area contributed by atoms with Crippen molar-refractivity contribution in [2.75, 3.05) is 66.9 Å². The van der Waals surface area contributed by atoms with Gasteiger partial charge in [-0.25, -0.2) is 9.97 Å². The molecular weight excluding hydrogens is 919 g/mol. The van der Waals surface area contributed by atoms with Gasteiger partial charge in [-0.3, -0.25) is 38.4 Å². The average molecular weight is 979 g/mol. The quantitative estimate of drug-likeness (QED) is 0.0423. The SMILES string of the molecule is Cn1cc(NC(=O)c2nc(NC(=O)c3nccn3C)cn2C)cc1C(=O)NCCCC(=O)Nc1cc(C(=O)Nc2cc(C(=O)Nc3cc(C(=O)NCCC(=O)NCCC[NH+](C)C)n(C)c3)n(C)c2)n(C)c1. The van der Waals surface area contributed by atoms with E-state index < -0.39 is 35.4 Å². The van der Waals surface area contributed by atoms with Crippen molar-refractivity contribution in [2.45, 2.75) is 25.7 Å². The molecule has 0 saturated carbocycles. The van der Waals surface area contributed by atoms with Crippen molar-refractivity contribution in [1.29, 1.82) is 0 Å². The lowest BCUT2D eigenvalue weighted by atomic mass is 10.2. The molecule has 0 bridgehead atoms. The van der Waals surface area contributed by atoms with Crippen molar-refractivity contribution in [3.05, 3.63) is 102 Å². The van der Waals surface area contributed by atoms with Gasteiger partial charge in [0.2, 0.25) is 17.6 Å². The van der Waals surface area contributed by atoms with Gasteiger partial charge in [-0.05, 0) is 30.7 Å². The Balaban J connectivity index is 0.916. The Morgan fingerprint density at radius 2 is 0.930 bits per heavy atom. The first-order chi connectivity index (χ1) is 33.8. The second kappa shape index (κ2) is 23.0. The Morgan fingerprint density at radius 3 is 1.44 bits per heavy atom. The van der Waals surface area contributed by atoms with Gasteiger partial charge < -0.3 is 74.8 Å². The Kier molecular flexibility index (Phi) is 16.8. The summed E-state index contributed by atoms with van der Waals surface area (Å²) in [5, 5.41) is 22.0. The first-order valence-electron chi connectivity index (χ1n) is 22.6. The van der Waals surface area contributed by atoms with Gasteiger partial charge in [0, 0.05) is 125 Å². The van der Waals surface area contributed by atoms with E-state index in [1.807, 2.05) is 14.1 Å². The second-order valence-electron chi connectivity index (χ2n) is 17.2. The summed E-state index contributed by atoms with van der Waals surface area (Å²) in [6, 6.07) is 6.04. The van der Waals surface area contributed by atoms with Crippen LogP contribution in [0.5, 0.6) is 0 Å². The number of carbonyl (C=O) groups excluding carboxylic acids is 8. The van der Waals surface area contributed by atoms with Gasteiger partial charge in [-0.2, -0.15) is 0 Å². The summed E-state index contributed by atoms with van der Waals surface area (Å²) in [7, 11) is 14.0. The highest BCUT2D eigenvalue weighted by molar-refractivity contribution is 6.08. The molecule has 6 rings (SSSR count). The maximum Gasteiger partial charge on any atom is 0.292 e. The Labute approximate surface area is 408 Å². The largest absolute Gasteiger partial charge is 0.356 e. The minimum atomic E-state index is -0.569. The van der Waals surface area contributed by atoms with E-state index >= 15 is 0 Å². The van der Waals surface area contributed by atoms with E-state index in [9.17, 15) is 38.4 Å². The van der Waals surface area contributed by atoms with Crippen LogP contribution in [0.4, 0.5) is 28.6 Å². The van der Waals surface area contributed by atoms with Crippen molar-refractivity contribution < 1.29 is 43.3 Å². The van der Waals surface area contributed by atoms with Gasteiger partial charge in [0.05, 0.1) is 43.4 Å². The molecule has 0 atom stereocenters. The highest BCUT2D eigenvalue weighted by Gasteiger charge is 2.22. The van der Waals surface area contributed by atoms with E-state index in [0.29, 0.717) is 35.7 Å². The third-order valence-electron chi connectivity index (χ3n) is 11.0. The number of nitrogens with zero attached hydrogens (tertiary/aromatic N) is 8. The molecule has 25 nitrogen and oxygen atoms in total. The zero-order valence-electron chi connectivity index (χ0n) is 40.9. The van der Waals surface area contributed by atoms with Gasteiger partial charge in [-0.15, -0.1) is 0 Å². The van der Waals surface area contributed by atoms with Gasteiger partial charge >= 0.3 is 0 Å². The summed E-state index contributed by atoms with van der Waals surface area (Å²) in [5.41, 5.74) is 2.42. The Morgan fingerprint density at radius 1 is 0.465 bits per heavy atom. The lowest BCUT2D eigenvalue weighted by Gasteiger charge is -2.09. The molecular formula is C46H60N17O8+. The molecule has 0 aliphatic carbocycles. The molecule has 71 heavy (non-hydrogen) atoms. The van der Waals surface area contributed by atoms with Crippen LogP contribution in [-0.4, -0.2) is 125 Å². The van der Waals surface area contributed by atoms with E-state index in [4.69, 9.17) is 0 Å². The highest BCUT2D eigenvalue weighted by Crippen LogP contribution is 2.21. The van der Waals surface area contributed by atoms with E-state index in [1.54, 1.807) is 96.1 Å². The lowest BCUT2D eigenvalue weighted by Crippen LogP contribution is -3.05.